The zero-order chi connectivity index (χ0) is 23.2. The molecule has 2 aliphatic rings. The second kappa shape index (κ2) is 8.09. The van der Waals surface area contributed by atoms with Gasteiger partial charge in [0.25, 0.3) is 0 Å². The third kappa shape index (κ3) is 5.03. The van der Waals surface area contributed by atoms with Crippen LogP contribution in [0.2, 0.25) is 0 Å². The molecule has 0 unspecified atom stereocenters. The van der Waals surface area contributed by atoms with Gasteiger partial charge in [-0.1, -0.05) is 6.07 Å². The molecule has 8 nitrogen and oxygen atoms in total. The Kier molecular flexibility index (Phi) is 6.14. The van der Waals surface area contributed by atoms with E-state index in [0.717, 1.165) is 5.56 Å². The van der Waals surface area contributed by atoms with E-state index in [2.05, 4.69) is 0 Å². The standard InChI is InChI=1S/C22H31NO7S/c1-21(2,3)30-20(25)23-17-13-31(26,27)12-16(19(17)29-22(23,4)5)10-14-7-8-18(28-6)15(9-14)11-24/h7-9,11,16-17,19H,10,12-13H2,1-6H3/t16-,17+,19+/m1/s1. The Bertz CT molecular complexity index is 965. The number of carbonyl (C=O) groups excluding carboxylic acids is 2. The Labute approximate surface area is 183 Å². The topological polar surface area (TPSA) is 99.2 Å². The van der Waals surface area contributed by atoms with Crippen molar-refractivity contribution in [2.45, 2.75) is 64.5 Å². The molecule has 2 aliphatic heterocycles. The molecule has 2 heterocycles. The second-order valence-corrected chi connectivity index (χ2v) is 11.8. The molecule has 0 aromatic heterocycles. The van der Waals surface area contributed by atoms with E-state index in [1.807, 2.05) is 6.07 Å². The highest BCUT2D eigenvalue weighted by Crippen LogP contribution is 2.41. The van der Waals surface area contributed by atoms with E-state index in [1.165, 1.54) is 12.0 Å². The molecule has 31 heavy (non-hydrogen) atoms. The summed E-state index contributed by atoms with van der Waals surface area (Å²) in [5.74, 6) is -0.126. The lowest BCUT2D eigenvalue weighted by molar-refractivity contribution is -0.0872. The maximum atomic E-state index is 12.9. The van der Waals surface area contributed by atoms with Crippen LogP contribution in [0.3, 0.4) is 0 Å². The summed E-state index contributed by atoms with van der Waals surface area (Å²) in [6, 6.07) is 4.57. The van der Waals surface area contributed by atoms with Crippen molar-refractivity contribution in [3.63, 3.8) is 0 Å². The molecular weight excluding hydrogens is 422 g/mol. The number of hydrogen-bond acceptors (Lipinski definition) is 7. The van der Waals surface area contributed by atoms with Crippen LogP contribution in [0.25, 0.3) is 0 Å². The predicted octanol–water partition coefficient (Wildman–Crippen LogP) is 2.84. The summed E-state index contributed by atoms with van der Waals surface area (Å²) in [5, 5.41) is 0. The molecule has 1 amide bonds. The van der Waals surface area contributed by atoms with Gasteiger partial charge in [0.2, 0.25) is 0 Å². The van der Waals surface area contributed by atoms with Gasteiger partial charge in [-0.2, -0.15) is 0 Å². The first-order valence-electron chi connectivity index (χ1n) is 10.3. The van der Waals surface area contributed by atoms with E-state index < -0.39 is 39.4 Å². The van der Waals surface area contributed by atoms with Crippen LogP contribution in [-0.2, 0) is 25.7 Å². The highest BCUT2D eigenvalue weighted by Gasteiger charge is 2.57. The molecule has 0 bridgehead atoms. The summed E-state index contributed by atoms with van der Waals surface area (Å²) in [7, 11) is -1.93. The maximum Gasteiger partial charge on any atom is 0.412 e. The van der Waals surface area contributed by atoms with Crippen LogP contribution in [0.15, 0.2) is 18.2 Å². The van der Waals surface area contributed by atoms with E-state index in [9.17, 15) is 18.0 Å². The van der Waals surface area contributed by atoms with Crippen molar-refractivity contribution < 1.29 is 32.2 Å². The number of methoxy groups -OCH3 is 1. The summed E-state index contributed by atoms with van der Waals surface area (Å²) in [4.78, 5) is 25.7. The number of nitrogens with zero attached hydrogens (tertiary/aromatic N) is 1. The van der Waals surface area contributed by atoms with E-state index in [0.29, 0.717) is 24.0 Å². The SMILES string of the molecule is COc1ccc(C[C@@H]2CS(=O)(=O)C[C@H]3[C@H]2OC(C)(C)N3C(=O)OC(C)(C)C)cc1C=O. The molecular formula is C22H31NO7S. The Morgan fingerprint density at radius 1 is 1.29 bits per heavy atom. The molecule has 1 aromatic carbocycles. The van der Waals surface area contributed by atoms with Crippen molar-refractivity contribution in [2.75, 3.05) is 18.6 Å². The van der Waals surface area contributed by atoms with Crippen LogP contribution in [-0.4, -0.2) is 67.8 Å². The van der Waals surface area contributed by atoms with Gasteiger partial charge < -0.3 is 14.2 Å². The molecule has 0 N–H and O–H groups in total. The fourth-order valence-corrected chi connectivity index (χ4v) is 6.45. The van der Waals surface area contributed by atoms with Crippen LogP contribution in [0.4, 0.5) is 4.79 Å². The molecule has 172 valence electrons. The fraction of sp³-hybridized carbons (Fsp3) is 0.636. The number of benzene rings is 1. The molecule has 2 saturated heterocycles. The molecule has 0 radical (unpaired) electrons. The Hall–Kier alpha value is -2.13. The number of rotatable bonds is 4. The summed E-state index contributed by atoms with van der Waals surface area (Å²) < 4.78 is 42.5. The van der Waals surface area contributed by atoms with E-state index in [-0.39, 0.29) is 17.4 Å². The van der Waals surface area contributed by atoms with Gasteiger partial charge in [0.15, 0.2) is 16.1 Å². The van der Waals surface area contributed by atoms with Gasteiger partial charge in [-0.25, -0.2) is 13.2 Å². The lowest BCUT2D eigenvalue weighted by Crippen LogP contribution is -2.55. The highest BCUT2D eigenvalue weighted by molar-refractivity contribution is 7.91. The molecule has 0 saturated carbocycles. The quantitative estimate of drug-likeness (QED) is 0.647. The largest absolute Gasteiger partial charge is 0.496 e. The van der Waals surface area contributed by atoms with Gasteiger partial charge in [-0.05, 0) is 58.7 Å². The lowest BCUT2D eigenvalue weighted by atomic mass is 9.90. The first-order valence-corrected chi connectivity index (χ1v) is 12.1. The zero-order valence-electron chi connectivity index (χ0n) is 18.9. The van der Waals surface area contributed by atoms with Gasteiger partial charge in [-0.15, -0.1) is 0 Å². The number of hydrogen-bond donors (Lipinski definition) is 0. The van der Waals surface area contributed by atoms with Gasteiger partial charge in [-0.3, -0.25) is 9.69 Å². The number of ether oxygens (including phenoxy) is 3. The summed E-state index contributed by atoms with van der Waals surface area (Å²) in [6.45, 7) is 8.79. The molecule has 9 heteroatoms. The zero-order valence-corrected chi connectivity index (χ0v) is 19.7. The molecule has 0 spiro atoms. The Morgan fingerprint density at radius 2 is 1.97 bits per heavy atom. The first kappa shape index (κ1) is 23.5. The van der Waals surface area contributed by atoms with Gasteiger partial charge >= 0.3 is 6.09 Å². The number of aldehydes is 1. The number of fused-ring (bicyclic) bond motifs is 1. The van der Waals surface area contributed by atoms with Crippen molar-refractivity contribution in [2.24, 2.45) is 5.92 Å². The monoisotopic (exact) mass is 453 g/mol. The van der Waals surface area contributed by atoms with Crippen LogP contribution >= 0.6 is 0 Å². The molecule has 2 fully saturated rings. The average Bonchev–Trinajstić information content (AvgIpc) is 2.89. The smallest absolute Gasteiger partial charge is 0.412 e. The Balaban J connectivity index is 1.92. The minimum atomic E-state index is -3.42. The Morgan fingerprint density at radius 3 is 2.55 bits per heavy atom. The predicted molar refractivity (Wildman–Crippen MR) is 115 cm³/mol. The highest BCUT2D eigenvalue weighted by atomic mass is 32.2. The van der Waals surface area contributed by atoms with Gasteiger partial charge in [0, 0.05) is 5.92 Å². The normalized spacial score (nSPS) is 26.8. The van der Waals surface area contributed by atoms with Crippen molar-refractivity contribution in [3.8, 4) is 5.75 Å². The third-order valence-corrected chi connectivity index (χ3v) is 7.37. The summed E-state index contributed by atoms with van der Waals surface area (Å²) in [5.41, 5.74) is -0.518. The average molecular weight is 454 g/mol. The number of carbonyl (C=O) groups is 2. The van der Waals surface area contributed by atoms with E-state index >= 15 is 0 Å². The maximum absolute atomic E-state index is 12.9. The number of sulfone groups is 1. The van der Waals surface area contributed by atoms with Gasteiger partial charge in [0.1, 0.15) is 17.1 Å². The second-order valence-electron chi connectivity index (χ2n) is 9.68. The van der Waals surface area contributed by atoms with Crippen LogP contribution < -0.4 is 4.74 Å². The molecule has 3 rings (SSSR count). The summed E-state index contributed by atoms with van der Waals surface area (Å²) >= 11 is 0. The van der Waals surface area contributed by atoms with Crippen molar-refractivity contribution >= 4 is 22.2 Å². The van der Waals surface area contributed by atoms with Crippen LogP contribution in [0.1, 0.15) is 50.5 Å². The summed E-state index contributed by atoms with van der Waals surface area (Å²) in [6.07, 6.45) is 0.0485. The van der Waals surface area contributed by atoms with Crippen LogP contribution in [0.5, 0.6) is 5.75 Å². The molecule has 0 aliphatic carbocycles. The first-order chi connectivity index (χ1) is 14.3. The minimum Gasteiger partial charge on any atom is -0.496 e. The van der Waals surface area contributed by atoms with Gasteiger partial charge in [0.05, 0.1) is 36.3 Å². The van der Waals surface area contributed by atoms with E-state index in [1.54, 1.807) is 46.8 Å². The fourth-order valence-electron chi connectivity index (χ4n) is 4.49. The minimum absolute atomic E-state index is 0.0468. The lowest BCUT2D eigenvalue weighted by Gasteiger charge is -2.37. The van der Waals surface area contributed by atoms with Crippen molar-refractivity contribution in [1.82, 2.24) is 4.90 Å². The van der Waals surface area contributed by atoms with Crippen molar-refractivity contribution in [3.05, 3.63) is 29.3 Å². The number of amides is 1. The van der Waals surface area contributed by atoms with Crippen LogP contribution in [0, 0.1) is 5.92 Å². The molecule has 1 aromatic rings. The van der Waals surface area contributed by atoms with E-state index in [4.69, 9.17) is 14.2 Å². The molecule has 3 atom stereocenters. The third-order valence-electron chi connectivity index (χ3n) is 5.58. The van der Waals surface area contributed by atoms with Crippen molar-refractivity contribution in [1.29, 1.82) is 0 Å².